The zero-order valence-electron chi connectivity index (χ0n) is 21.2. The number of ether oxygens (including phenoxy) is 1. The molecule has 1 fully saturated rings. The van der Waals surface area contributed by atoms with Crippen LogP contribution in [0.1, 0.15) is 53.4 Å². The second-order valence-corrected chi connectivity index (χ2v) is 10.5. The van der Waals surface area contributed by atoms with Crippen LogP contribution in [0.25, 0.3) is 0 Å². The molecule has 7 nitrogen and oxygen atoms in total. The van der Waals surface area contributed by atoms with Crippen LogP contribution in [-0.4, -0.2) is 57.0 Å². The lowest BCUT2D eigenvalue weighted by Gasteiger charge is -2.35. The Bertz CT molecular complexity index is 1110. The lowest BCUT2D eigenvalue weighted by atomic mass is 9.69. The van der Waals surface area contributed by atoms with Gasteiger partial charge in [-0.3, -0.25) is 18.6 Å². The quantitative estimate of drug-likeness (QED) is 0.279. The highest BCUT2D eigenvalue weighted by atomic mass is 32.3. The lowest BCUT2D eigenvalue weighted by molar-refractivity contribution is 0.237. The minimum atomic E-state index is -4.06. The summed E-state index contributed by atoms with van der Waals surface area (Å²) in [5, 5.41) is 7.00. The monoisotopic (exact) mass is 527 g/mol. The average Bonchev–Trinajstić information content (AvgIpc) is 3.43. The summed E-state index contributed by atoms with van der Waals surface area (Å²) in [7, 11) is 1.00. The van der Waals surface area contributed by atoms with Gasteiger partial charge in [0.1, 0.15) is 18.1 Å². The van der Waals surface area contributed by atoms with E-state index in [0.29, 0.717) is 12.5 Å². The van der Waals surface area contributed by atoms with Gasteiger partial charge in [0.15, 0.2) is 0 Å². The first kappa shape index (κ1) is 27.4. The third-order valence-electron chi connectivity index (χ3n) is 7.13. The van der Waals surface area contributed by atoms with Crippen LogP contribution in [0.3, 0.4) is 0 Å². The van der Waals surface area contributed by atoms with E-state index in [-0.39, 0.29) is 11.7 Å². The molecule has 0 aromatic heterocycles. The Morgan fingerprint density at radius 3 is 2.19 bits per heavy atom. The average molecular weight is 528 g/mol. The van der Waals surface area contributed by atoms with Crippen LogP contribution in [0.4, 0.5) is 0 Å². The van der Waals surface area contributed by atoms with Crippen LogP contribution >= 0.6 is 11.2 Å². The van der Waals surface area contributed by atoms with Gasteiger partial charge in [0.05, 0.1) is 0 Å². The van der Waals surface area contributed by atoms with E-state index in [1.807, 2.05) is 18.2 Å². The minimum absolute atomic E-state index is 0.142. The zero-order chi connectivity index (χ0) is 26.3. The fourth-order valence-corrected chi connectivity index (χ4v) is 5.88. The molecule has 8 heteroatoms. The van der Waals surface area contributed by atoms with Gasteiger partial charge < -0.3 is 14.0 Å². The van der Waals surface area contributed by atoms with Crippen molar-refractivity contribution in [3.63, 3.8) is 0 Å². The number of fused-ring (bicyclic) bond motifs is 1. The van der Waals surface area contributed by atoms with E-state index in [1.54, 1.807) is 6.07 Å². The molecule has 200 valence electrons. The molecule has 1 aliphatic carbocycles. The number of hydrogen-bond donors (Lipinski definition) is 4. The van der Waals surface area contributed by atoms with Crippen molar-refractivity contribution in [3.8, 4) is 11.5 Å². The molecule has 2 aliphatic rings. The van der Waals surface area contributed by atoms with Gasteiger partial charge in [-0.15, -0.1) is 0 Å². The predicted octanol–water partition coefficient (Wildman–Crippen LogP) is 6.15. The van der Waals surface area contributed by atoms with Crippen molar-refractivity contribution in [1.29, 1.82) is 0 Å². The third-order valence-corrected chi connectivity index (χ3v) is 7.54. The largest absolute Gasteiger partial charge is 0.492 e. The first-order chi connectivity index (χ1) is 18.0. The van der Waals surface area contributed by atoms with E-state index in [4.69, 9.17) is 14.0 Å². The first-order valence-corrected chi connectivity index (χ1v) is 14.2. The van der Waals surface area contributed by atoms with Crippen LogP contribution in [-0.2, 0) is 6.42 Å². The molecule has 0 amide bonds. The van der Waals surface area contributed by atoms with E-state index >= 15 is 0 Å². The number of likely N-dealkylation sites (tertiary alicyclic amines) is 1. The molecule has 2 atom stereocenters. The molecular formula is C29H37NO6S. The summed E-state index contributed by atoms with van der Waals surface area (Å²) >= 11 is -4.06. The molecule has 3 aromatic carbocycles. The van der Waals surface area contributed by atoms with E-state index in [0.717, 1.165) is 37.8 Å². The first-order valence-electron chi connectivity index (χ1n) is 12.7. The Hall–Kier alpha value is -2.59. The van der Waals surface area contributed by atoms with Crippen LogP contribution in [0, 0.1) is 0 Å². The van der Waals surface area contributed by atoms with E-state index < -0.39 is 11.2 Å². The molecule has 0 spiro atoms. The Kier molecular flexibility index (Phi) is 9.48. The van der Waals surface area contributed by atoms with E-state index in [9.17, 15) is 13.7 Å². The van der Waals surface area contributed by atoms with Crippen molar-refractivity contribution < 1.29 is 27.7 Å². The van der Waals surface area contributed by atoms with Crippen molar-refractivity contribution in [2.24, 2.45) is 0 Å². The standard InChI is InChI=1S/C28H33NO5S.CH4O/c30-35(31,32)34-25-13-15-27-23(20-25)10-14-26(21-6-2-1-3-7-21)28(27)22-8-11-24(12-9-22)33-19-18-29-16-4-5-17-29;1-2/h1-3,6-9,11-13,15,20,26,28,30-32H,4-5,10,14,16-19H2;2H,1H3/t26-,28+;/m1./s1. The summed E-state index contributed by atoms with van der Waals surface area (Å²) in [6.07, 6.45) is 4.37. The Morgan fingerprint density at radius 2 is 1.51 bits per heavy atom. The Morgan fingerprint density at radius 1 is 0.838 bits per heavy atom. The zero-order valence-corrected chi connectivity index (χ0v) is 22.0. The van der Waals surface area contributed by atoms with Crippen LogP contribution in [0.15, 0.2) is 72.8 Å². The second-order valence-electron chi connectivity index (χ2n) is 9.41. The molecular weight excluding hydrogens is 490 g/mol. The highest BCUT2D eigenvalue weighted by Gasteiger charge is 2.32. The molecule has 3 aromatic rings. The van der Waals surface area contributed by atoms with Crippen molar-refractivity contribution in [2.45, 2.75) is 37.5 Å². The predicted molar refractivity (Wildman–Crippen MR) is 148 cm³/mol. The maximum absolute atomic E-state index is 9.30. The number of aryl methyl sites for hydroxylation is 1. The van der Waals surface area contributed by atoms with E-state index in [1.165, 1.54) is 42.6 Å². The van der Waals surface area contributed by atoms with Gasteiger partial charge >= 0.3 is 0 Å². The molecule has 1 aliphatic heterocycles. The molecule has 4 N–H and O–H groups in total. The normalized spacial score (nSPS) is 19.9. The maximum atomic E-state index is 9.30. The third kappa shape index (κ3) is 7.25. The lowest BCUT2D eigenvalue weighted by Crippen LogP contribution is -2.25. The Labute approximate surface area is 221 Å². The SMILES string of the molecule is CO.OS(O)(O)Oc1ccc2c(c1)CC[C@H](c1ccccc1)[C@@H]2c1ccc(OCCN2CCCC2)cc1. The van der Waals surface area contributed by atoms with Crippen LogP contribution in [0.5, 0.6) is 11.5 Å². The summed E-state index contributed by atoms with van der Waals surface area (Å²) in [5.74, 6) is 1.60. The van der Waals surface area contributed by atoms with Gasteiger partial charge in [-0.2, -0.15) is 0 Å². The minimum Gasteiger partial charge on any atom is -0.492 e. The van der Waals surface area contributed by atoms with Gasteiger partial charge in [0, 0.05) is 19.6 Å². The van der Waals surface area contributed by atoms with Crippen LogP contribution in [0.2, 0.25) is 0 Å². The number of aliphatic hydroxyl groups excluding tert-OH is 1. The van der Waals surface area contributed by atoms with Crippen LogP contribution < -0.4 is 8.92 Å². The fourth-order valence-electron chi connectivity index (χ4n) is 5.52. The molecule has 0 unspecified atom stereocenters. The number of hydrogen-bond acceptors (Lipinski definition) is 7. The summed E-state index contributed by atoms with van der Waals surface area (Å²) < 4.78 is 38.9. The number of rotatable bonds is 8. The van der Waals surface area contributed by atoms with Crippen molar-refractivity contribution in [2.75, 3.05) is 33.4 Å². The molecule has 5 rings (SSSR count). The van der Waals surface area contributed by atoms with Gasteiger partial charge in [0.25, 0.3) is 11.2 Å². The van der Waals surface area contributed by atoms with Gasteiger partial charge in [-0.1, -0.05) is 48.5 Å². The molecule has 37 heavy (non-hydrogen) atoms. The molecule has 1 heterocycles. The smallest absolute Gasteiger partial charge is 0.266 e. The number of aliphatic hydroxyl groups is 1. The maximum Gasteiger partial charge on any atom is 0.266 e. The second kappa shape index (κ2) is 12.8. The molecule has 0 radical (unpaired) electrons. The van der Waals surface area contributed by atoms with Gasteiger partial charge in [-0.25, -0.2) is 0 Å². The number of nitrogens with zero attached hydrogens (tertiary/aromatic N) is 1. The summed E-state index contributed by atoms with van der Waals surface area (Å²) in [6, 6.07) is 24.5. The summed E-state index contributed by atoms with van der Waals surface area (Å²) in [5.41, 5.74) is 4.80. The highest BCUT2D eigenvalue weighted by molar-refractivity contribution is 8.15. The van der Waals surface area contributed by atoms with Gasteiger partial charge in [-0.05, 0) is 91.2 Å². The number of benzene rings is 3. The summed E-state index contributed by atoms with van der Waals surface area (Å²) in [6.45, 7) is 4.02. The van der Waals surface area contributed by atoms with Crippen molar-refractivity contribution in [3.05, 3.63) is 95.1 Å². The molecule has 0 saturated carbocycles. The fraction of sp³-hybridized carbons (Fsp3) is 0.379. The topological polar surface area (TPSA) is 103 Å². The van der Waals surface area contributed by atoms with E-state index in [2.05, 4.69) is 53.4 Å². The van der Waals surface area contributed by atoms with Crippen molar-refractivity contribution in [1.82, 2.24) is 4.90 Å². The summed E-state index contributed by atoms with van der Waals surface area (Å²) in [4.78, 5) is 2.45. The molecule has 1 saturated heterocycles. The molecule has 0 bridgehead atoms. The van der Waals surface area contributed by atoms with Crippen molar-refractivity contribution >= 4 is 11.2 Å². The Balaban J connectivity index is 0.00000156. The van der Waals surface area contributed by atoms with Gasteiger partial charge in [0.2, 0.25) is 0 Å². The highest BCUT2D eigenvalue weighted by Crippen LogP contribution is 2.48.